The Bertz CT molecular complexity index is 1200. The molecule has 57 heavy (non-hydrogen) atoms. The topological polar surface area (TPSA) is 79.6 Å². The molecule has 4 nitrogen and oxygen atoms in total. The zero-order valence-electron chi connectivity index (χ0n) is 24.2. The SMILES string of the molecule is [Ni+2].[O][C]([CH][C]([O])C(F)(F)C(F)(F)C(F)(F)C(F)(F)C(F)(F)C(F)(F)F)C(F)(F)F.[O][C]([CH][C]([O])C(F)(F)C(F)(F)C(F)(F)C(F)(F)C(F)(F)C(F)(F)F)C(F)(F)F. The van der Waals surface area contributed by atoms with Gasteiger partial charge in [-0.1, -0.05) is 0 Å². The second-order valence-corrected chi connectivity index (χ2v) is 9.48. The second-order valence-electron chi connectivity index (χ2n) is 9.48. The molecule has 0 bridgehead atoms. The summed E-state index contributed by atoms with van der Waals surface area (Å²) >= 11 is 0. The largest absolute Gasteiger partial charge is 2.00 e. The fourth-order valence-electron chi connectivity index (χ4n) is 2.43. The van der Waals surface area contributed by atoms with Crippen LogP contribution in [0.2, 0.25) is 0 Å². The van der Waals surface area contributed by atoms with Gasteiger partial charge in [-0.15, -0.1) is 0 Å². The van der Waals surface area contributed by atoms with E-state index < -0.39 is 121 Å². The third-order valence-corrected chi connectivity index (χ3v) is 5.57. The molecule has 0 fully saturated rings. The van der Waals surface area contributed by atoms with Crippen molar-refractivity contribution >= 4 is 0 Å². The van der Waals surface area contributed by atoms with E-state index in [1.165, 1.54) is 0 Å². The zero-order chi connectivity index (χ0) is 46.7. The molecule has 0 amide bonds. The molecule has 0 N–H and O–H groups in total. The second kappa shape index (κ2) is 16.5. The minimum Gasteiger partial charge on any atom is -0.218 e. The monoisotopic (exact) mass is 972 g/mol. The van der Waals surface area contributed by atoms with Gasteiger partial charge in [0.15, 0.2) is 0 Å². The van der Waals surface area contributed by atoms with E-state index in [0.29, 0.717) is 0 Å². The first-order chi connectivity index (χ1) is 23.6. The van der Waals surface area contributed by atoms with E-state index in [9.17, 15) is 161 Å². The van der Waals surface area contributed by atoms with Crippen LogP contribution in [-0.4, -0.2) is 83.9 Å². The van der Waals surface area contributed by atoms with Crippen molar-refractivity contribution in [2.45, 2.75) is 83.9 Å². The maximum atomic E-state index is 13.1. The number of alkyl halides is 32. The minimum atomic E-state index is -8.35. The maximum Gasteiger partial charge on any atom is 2.00 e. The quantitative estimate of drug-likeness (QED) is 0.123. The molecule has 0 rings (SSSR count). The van der Waals surface area contributed by atoms with Gasteiger partial charge >= 0.3 is 100 Å². The molecule has 0 aromatic rings. The van der Waals surface area contributed by atoms with Crippen LogP contribution in [0.5, 0.6) is 0 Å². The van der Waals surface area contributed by atoms with Gasteiger partial charge in [-0.05, 0) is 0 Å². The third kappa shape index (κ3) is 10.2. The Kier molecular flexibility index (Phi) is 17.2. The zero-order valence-corrected chi connectivity index (χ0v) is 25.2. The fraction of sp³-hybridized carbons (Fsp3) is 0.700. The summed E-state index contributed by atoms with van der Waals surface area (Å²) in [5, 5.41) is 41.6. The summed E-state index contributed by atoms with van der Waals surface area (Å²) in [5.41, 5.74) is 0. The summed E-state index contributed by atoms with van der Waals surface area (Å²) in [6, 6.07) is 0. The van der Waals surface area contributed by atoms with E-state index in [1.807, 2.05) is 0 Å². The Morgan fingerprint density at radius 2 is 0.404 bits per heavy atom. The van der Waals surface area contributed by atoms with Crippen LogP contribution in [-0.2, 0) is 36.9 Å². The van der Waals surface area contributed by atoms with E-state index >= 15 is 0 Å². The summed E-state index contributed by atoms with van der Waals surface area (Å²) in [4.78, 5) is 0. The van der Waals surface area contributed by atoms with Gasteiger partial charge in [0.1, 0.15) is 0 Å². The molecule has 0 saturated heterocycles. The molecule has 0 aromatic heterocycles. The predicted octanol–water partition coefficient (Wildman–Crippen LogP) is 10.8. The van der Waals surface area contributed by atoms with E-state index in [-0.39, 0.29) is 16.5 Å². The first kappa shape index (κ1) is 59.4. The number of hydrogen-bond acceptors (Lipinski definition) is 0. The molecule has 0 heterocycles. The Labute approximate surface area is 299 Å². The third-order valence-electron chi connectivity index (χ3n) is 5.57. The van der Waals surface area contributed by atoms with E-state index in [2.05, 4.69) is 0 Å². The molecule has 0 spiro atoms. The molecule has 10 radical (unpaired) electrons. The van der Waals surface area contributed by atoms with Crippen LogP contribution >= 0.6 is 0 Å². The van der Waals surface area contributed by atoms with Crippen molar-refractivity contribution < 1.29 is 177 Å². The molecule has 0 aliphatic rings. The van der Waals surface area contributed by atoms with Gasteiger partial charge in [-0.3, -0.25) is 0 Å². The number of rotatable bonds is 14. The molecule has 0 aliphatic carbocycles. The average molecular weight is 973 g/mol. The van der Waals surface area contributed by atoms with Crippen LogP contribution in [0.15, 0.2) is 0 Å². The smallest absolute Gasteiger partial charge is 0.218 e. The van der Waals surface area contributed by atoms with Gasteiger partial charge in [-0.25, -0.2) is 20.4 Å². The van der Waals surface area contributed by atoms with Gasteiger partial charge in [0.2, 0.25) is 24.4 Å². The average Bonchev–Trinajstić information content (AvgIpc) is 2.94. The molecular weight excluding hydrogens is 971 g/mol. The predicted molar refractivity (Wildman–Crippen MR) is 98.0 cm³/mol. The van der Waals surface area contributed by atoms with E-state index in [0.717, 1.165) is 0 Å². The molecule has 0 aliphatic heterocycles. The Hall–Kier alpha value is -1.91. The fourth-order valence-corrected chi connectivity index (χ4v) is 2.43. The van der Waals surface area contributed by atoms with Crippen molar-refractivity contribution in [1.82, 2.24) is 0 Å². The summed E-state index contributed by atoms with van der Waals surface area (Å²) in [6.07, 6.45) is -47.6. The van der Waals surface area contributed by atoms with Gasteiger partial charge in [0.05, 0.1) is 12.8 Å². The maximum absolute atomic E-state index is 13.1. The van der Waals surface area contributed by atoms with Crippen molar-refractivity contribution in [2.24, 2.45) is 0 Å². The van der Waals surface area contributed by atoms with Gasteiger partial charge < -0.3 is 0 Å². The molecule has 0 aromatic carbocycles. The summed E-state index contributed by atoms with van der Waals surface area (Å²) in [5.74, 6) is -80.6. The van der Waals surface area contributed by atoms with Crippen LogP contribution in [0, 0.1) is 37.3 Å². The molecule has 0 unspecified atom stereocenters. The first-order valence-electron chi connectivity index (χ1n) is 11.5. The van der Waals surface area contributed by atoms with Crippen molar-refractivity contribution in [2.75, 3.05) is 0 Å². The van der Waals surface area contributed by atoms with Crippen LogP contribution in [0.3, 0.4) is 0 Å². The molecular formula is C20H2F32NiO4+2. The van der Waals surface area contributed by atoms with Crippen LogP contribution in [0.4, 0.5) is 140 Å². The van der Waals surface area contributed by atoms with Crippen molar-refractivity contribution in [3.63, 3.8) is 0 Å². The number of halogens is 32. The van der Waals surface area contributed by atoms with Gasteiger partial charge in [0.25, 0.3) is 0 Å². The van der Waals surface area contributed by atoms with E-state index in [1.54, 1.807) is 0 Å². The van der Waals surface area contributed by atoms with Crippen LogP contribution < -0.4 is 0 Å². The van der Waals surface area contributed by atoms with Crippen LogP contribution in [0.25, 0.3) is 0 Å². The Morgan fingerprint density at radius 3 is 0.544 bits per heavy atom. The molecule has 0 atom stereocenters. The standard InChI is InChI=1S/2C10HF16O2.Ni/c2*11-4(12,2(27)1-3(28)5(13,14)15)6(16,17)7(18,19)8(20,21)9(22,23)10(24,25)26;/h2*1H;/q;;+2. The first-order valence-corrected chi connectivity index (χ1v) is 11.5. The molecule has 338 valence electrons. The molecule has 37 heteroatoms. The van der Waals surface area contributed by atoms with Crippen molar-refractivity contribution in [3.8, 4) is 0 Å². The Morgan fingerprint density at radius 1 is 0.246 bits per heavy atom. The van der Waals surface area contributed by atoms with Crippen molar-refractivity contribution in [3.05, 3.63) is 37.3 Å². The number of hydrogen-bond donors (Lipinski definition) is 0. The van der Waals surface area contributed by atoms with Gasteiger partial charge in [0, 0.05) is 0 Å². The summed E-state index contributed by atoms with van der Waals surface area (Å²) in [7, 11) is 0. The van der Waals surface area contributed by atoms with E-state index in [4.69, 9.17) is 0 Å². The summed E-state index contributed by atoms with van der Waals surface area (Å²) < 4.78 is 399. The normalized spacial score (nSPS) is 16.0. The van der Waals surface area contributed by atoms with Crippen LogP contribution in [0.1, 0.15) is 0 Å². The Balaban J connectivity index is -0.00000101. The minimum absolute atomic E-state index is 0. The van der Waals surface area contributed by atoms with Crippen molar-refractivity contribution in [1.29, 1.82) is 0 Å². The molecule has 0 saturated carbocycles. The summed E-state index contributed by atoms with van der Waals surface area (Å²) in [6.45, 7) is 0. The van der Waals surface area contributed by atoms with Gasteiger partial charge in [-0.2, -0.15) is 140 Å².